The lowest BCUT2D eigenvalue weighted by Gasteiger charge is -2.56. The van der Waals surface area contributed by atoms with E-state index in [1.807, 2.05) is 0 Å². The summed E-state index contributed by atoms with van der Waals surface area (Å²) in [5.41, 5.74) is 2.06. The van der Waals surface area contributed by atoms with Gasteiger partial charge in [0, 0.05) is 54.9 Å². The number of carbonyl (C=O) groups is 3. The van der Waals surface area contributed by atoms with E-state index in [9.17, 15) is 50.1 Å². The summed E-state index contributed by atoms with van der Waals surface area (Å²) in [7, 11) is 0. The molecule has 298 valence electrons. The van der Waals surface area contributed by atoms with Crippen LogP contribution >= 0.6 is 0 Å². The van der Waals surface area contributed by atoms with Gasteiger partial charge in [0.15, 0.2) is 34.9 Å². The number of phenols is 7. The first-order chi connectivity index (χ1) is 26.5. The smallest absolute Gasteiger partial charge is 0.338 e. The molecule has 4 aliphatic carbocycles. The summed E-state index contributed by atoms with van der Waals surface area (Å²) in [6.07, 6.45) is 8.71. The van der Waals surface area contributed by atoms with Crippen LogP contribution in [0.2, 0.25) is 0 Å². The predicted molar refractivity (Wildman–Crippen MR) is 200 cm³/mol. The standard InChI is InChI=1S/C22H18O10.C21H30O3/c23-11-6-14(25)12-8-19(32-22(30)10-4-16(27)20(29)17(28)5-10)21(31-18(12)7-11)9-1-2-13(24)15(26)3-9;1-13(22)24-15-8-10-20(2)14(12-15)4-5-16-17-6-7-19(23)21(17,3)11-9-18(16)20/h1-7,19,21,23-29H,8H2;4,15-18H,5-12H2,1-3H3. The Morgan fingerprint density at radius 2 is 1.46 bits per heavy atom. The molecule has 1 heterocycles. The van der Waals surface area contributed by atoms with Gasteiger partial charge in [0.05, 0.1) is 5.56 Å². The van der Waals surface area contributed by atoms with Gasteiger partial charge in [-0.1, -0.05) is 31.6 Å². The summed E-state index contributed by atoms with van der Waals surface area (Å²) in [6, 6.07) is 8.07. The van der Waals surface area contributed by atoms with Gasteiger partial charge in [-0.2, -0.15) is 0 Å². The Labute approximate surface area is 323 Å². The number of esters is 2. The maximum Gasteiger partial charge on any atom is 0.338 e. The SMILES string of the molecule is CC(=O)OC1CCC2(C)C(=CCC3C4CCC(=O)C4(C)CCC32)C1.O=C(OC1Cc2c(O)cc(O)cc2OC1c1ccc(O)c(O)c1)c1cc(O)c(O)c(O)c1. The van der Waals surface area contributed by atoms with Crippen molar-refractivity contribution >= 4 is 17.7 Å². The molecular formula is C43H48O13. The van der Waals surface area contributed by atoms with Crippen molar-refractivity contribution in [3.05, 3.63) is 70.8 Å². The fraction of sp³-hybridized carbons (Fsp3) is 0.465. The molecule has 13 nitrogen and oxygen atoms in total. The van der Waals surface area contributed by atoms with E-state index in [0.29, 0.717) is 29.1 Å². The summed E-state index contributed by atoms with van der Waals surface area (Å²) in [5.74, 6) is -2.10. The molecule has 13 heteroatoms. The molecule has 0 saturated heterocycles. The quantitative estimate of drug-likeness (QED) is 0.0810. The third-order valence-corrected chi connectivity index (χ3v) is 13.2. The van der Waals surface area contributed by atoms with Gasteiger partial charge in [-0.05, 0) is 86.0 Å². The highest BCUT2D eigenvalue weighted by Crippen LogP contribution is 2.64. The van der Waals surface area contributed by atoms with E-state index in [-0.39, 0.29) is 63.4 Å². The Kier molecular flexibility index (Phi) is 10.0. The minimum atomic E-state index is -1.06. The molecule has 0 spiro atoms. The third-order valence-electron chi connectivity index (χ3n) is 13.2. The topological polar surface area (TPSA) is 221 Å². The Balaban J connectivity index is 0.000000178. The highest BCUT2D eigenvalue weighted by atomic mass is 16.6. The molecule has 3 aromatic rings. The summed E-state index contributed by atoms with van der Waals surface area (Å²) >= 11 is 0. The fourth-order valence-electron chi connectivity index (χ4n) is 10.2. The average Bonchev–Trinajstić information content (AvgIpc) is 3.45. The molecule has 3 aromatic carbocycles. The minimum absolute atomic E-state index is 0.0438. The molecule has 7 N–H and O–H groups in total. The number of aromatic hydroxyl groups is 7. The molecule has 1 aliphatic heterocycles. The highest BCUT2D eigenvalue weighted by Gasteiger charge is 2.58. The van der Waals surface area contributed by atoms with Crippen LogP contribution in [0.3, 0.4) is 0 Å². The molecule has 0 aromatic heterocycles. The second-order valence-corrected chi connectivity index (χ2v) is 16.4. The maximum absolute atomic E-state index is 12.7. The van der Waals surface area contributed by atoms with E-state index in [2.05, 4.69) is 19.9 Å². The van der Waals surface area contributed by atoms with Crippen molar-refractivity contribution in [3.8, 4) is 46.0 Å². The van der Waals surface area contributed by atoms with Gasteiger partial charge in [0.2, 0.25) is 0 Å². The van der Waals surface area contributed by atoms with E-state index in [4.69, 9.17) is 14.2 Å². The molecular weight excluding hydrogens is 724 g/mol. The molecule has 0 amide bonds. The van der Waals surface area contributed by atoms with Gasteiger partial charge in [-0.25, -0.2) is 4.79 Å². The van der Waals surface area contributed by atoms with Crippen LogP contribution in [-0.2, 0) is 25.5 Å². The monoisotopic (exact) mass is 772 g/mol. The Morgan fingerprint density at radius 1 is 0.768 bits per heavy atom. The lowest BCUT2D eigenvalue weighted by molar-refractivity contribution is -0.148. The van der Waals surface area contributed by atoms with Gasteiger partial charge in [-0.15, -0.1) is 0 Å². The van der Waals surface area contributed by atoms with Crippen LogP contribution in [0.25, 0.3) is 0 Å². The number of carbonyl (C=O) groups excluding carboxylic acids is 3. The summed E-state index contributed by atoms with van der Waals surface area (Å²) in [5, 5.41) is 68.2. The summed E-state index contributed by atoms with van der Waals surface area (Å²) in [6.45, 7) is 6.19. The van der Waals surface area contributed by atoms with Crippen molar-refractivity contribution in [3.63, 3.8) is 0 Å². The zero-order chi connectivity index (χ0) is 40.3. The van der Waals surface area contributed by atoms with E-state index in [1.165, 1.54) is 43.2 Å². The number of hydrogen-bond acceptors (Lipinski definition) is 13. The molecule has 0 radical (unpaired) electrons. The zero-order valence-electron chi connectivity index (χ0n) is 31.5. The highest BCUT2D eigenvalue weighted by molar-refractivity contribution is 5.91. The number of allylic oxidation sites excluding steroid dienone is 1. The summed E-state index contributed by atoms with van der Waals surface area (Å²) in [4.78, 5) is 36.5. The third kappa shape index (κ3) is 6.92. The van der Waals surface area contributed by atoms with Gasteiger partial charge in [0.1, 0.15) is 35.2 Å². The Morgan fingerprint density at radius 3 is 2.16 bits per heavy atom. The van der Waals surface area contributed by atoms with Crippen LogP contribution in [-0.4, -0.2) is 65.7 Å². The van der Waals surface area contributed by atoms with E-state index in [1.54, 1.807) is 0 Å². The molecule has 8 atom stereocenters. The first-order valence-corrected chi connectivity index (χ1v) is 19.1. The van der Waals surface area contributed by atoms with Crippen molar-refractivity contribution in [2.75, 3.05) is 0 Å². The predicted octanol–water partition coefficient (Wildman–Crippen LogP) is 6.98. The summed E-state index contributed by atoms with van der Waals surface area (Å²) < 4.78 is 16.9. The van der Waals surface area contributed by atoms with Crippen LogP contribution in [0, 0.1) is 28.6 Å². The van der Waals surface area contributed by atoms with Crippen molar-refractivity contribution in [2.45, 2.75) is 96.9 Å². The average molecular weight is 773 g/mol. The number of rotatable bonds is 4. The number of fused-ring (bicyclic) bond motifs is 6. The van der Waals surface area contributed by atoms with E-state index in [0.717, 1.165) is 63.1 Å². The normalized spacial score (nSPS) is 30.1. The van der Waals surface area contributed by atoms with Crippen molar-refractivity contribution in [2.24, 2.45) is 28.6 Å². The minimum Gasteiger partial charge on any atom is -0.508 e. The van der Waals surface area contributed by atoms with E-state index >= 15 is 0 Å². The van der Waals surface area contributed by atoms with E-state index < -0.39 is 41.2 Å². The maximum atomic E-state index is 12.7. The van der Waals surface area contributed by atoms with Gasteiger partial charge < -0.3 is 50.0 Å². The Hall–Kier alpha value is -5.59. The second-order valence-electron chi connectivity index (χ2n) is 16.4. The van der Waals surface area contributed by atoms with Crippen LogP contribution in [0.1, 0.15) is 99.7 Å². The van der Waals surface area contributed by atoms with Gasteiger partial charge in [-0.3, -0.25) is 9.59 Å². The van der Waals surface area contributed by atoms with Crippen LogP contribution in [0.4, 0.5) is 0 Å². The lowest BCUT2D eigenvalue weighted by Crippen LogP contribution is -2.50. The number of benzene rings is 3. The Bertz CT molecular complexity index is 2080. The van der Waals surface area contributed by atoms with Crippen LogP contribution in [0.15, 0.2) is 54.1 Å². The van der Waals surface area contributed by atoms with Gasteiger partial charge >= 0.3 is 11.9 Å². The lowest BCUT2D eigenvalue weighted by atomic mass is 9.48. The molecule has 3 fully saturated rings. The second kappa shape index (κ2) is 14.5. The number of ketones is 1. The number of Topliss-reactive ketones (excluding diaryl/α,β-unsaturated/α-hetero) is 1. The molecule has 5 aliphatic rings. The largest absolute Gasteiger partial charge is 0.508 e. The van der Waals surface area contributed by atoms with Crippen LogP contribution in [0.5, 0.6) is 46.0 Å². The molecule has 8 rings (SSSR count). The molecule has 8 unspecified atom stereocenters. The molecule has 3 saturated carbocycles. The van der Waals surface area contributed by atoms with Crippen molar-refractivity contribution < 1.29 is 64.3 Å². The fourth-order valence-corrected chi connectivity index (χ4v) is 10.2. The molecule has 0 bridgehead atoms. The van der Waals surface area contributed by atoms with Crippen molar-refractivity contribution in [1.82, 2.24) is 0 Å². The zero-order valence-corrected chi connectivity index (χ0v) is 31.5. The van der Waals surface area contributed by atoms with Crippen LogP contribution < -0.4 is 4.74 Å². The number of phenolic OH excluding ortho intramolecular Hbond substituents is 7. The number of hydrogen-bond donors (Lipinski definition) is 7. The molecule has 56 heavy (non-hydrogen) atoms. The number of ether oxygens (including phenoxy) is 3. The van der Waals surface area contributed by atoms with Crippen molar-refractivity contribution in [1.29, 1.82) is 0 Å². The van der Waals surface area contributed by atoms with Gasteiger partial charge in [0.25, 0.3) is 0 Å². The first-order valence-electron chi connectivity index (χ1n) is 19.1. The first kappa shape index (κ1) is 38.7.